The van der Waals surface area contributed by atoms with E-state index in [0.29, 0.717) is 5.41 Å². The smallest absolute Gasteiger partial charge is 0.0131 e. The number of fused-ring (bicyclic) bond motifs is 1. The summed E-state index contributed by atoms with van der Waals surface area (Å²) in [4.78, 5) is 0. The van der Waals surface area contributed by atoms with Crippen LogP contribution in [-0.2, 0) is 0 Å². The maximum Gasteiger partial charge on any atom is -0.0131 e. The van der Waals surface area contributed by atoms with Gasteiger partial charge in [-0.15, -0.1) is 6.58 Å². The van der Waals surface area contributed by atoms with E-state index in [2.05, 4.69) is 37.0 Å². The zero-order valence-corrected chi connectivity index (χ0v) is 15.5. The molecule has 4 aliphatic carbocycles. The van der Waals surface area contributed by atoms with E-state index in [9.17, 15) is 0 Å². The van der Waals surface area contributed by atoms with Gasteiger partial charge in [0, 0.05) is 0 Å². The van der Waals surface area contributed by atoms with Crippen molar-refractivity contribution >= 4 is 0 Å². The van der Waals surface area contributed by atoms with Crippen molar-refractivity contribution < 1.29 is 0 Å². The van der Waals surface area contributed by atoms with Crippen LogP contribution in [0.3, 0.4) is 0 Å². The molecule has 24 heavy (non-hydrogen) atoms. The van der Waals surface area contributed by atoms with Crippen LogP contribution in [0.4, 0.5) is 0 Å². The third-order valence-corrected chi connectivity index (χ3v) is 8.22. The Labute approximate surface area is 149 Å². The summed E-state index contributed by atoms with van der Waals surface area (Å²) in [7, 11) is 0. The minimum atomic E-state index is 0.691. The molecule has 0 bridgehead atoms. The fraction of sp³-hybridized carbons (Fsp3) is 0.750. The minimum Gasteiger partial charge on any atom is -0.103 e. The molecule has 0 spiro atoms. The summed E-state index contributed by atoms with van der Waals surface area (Å²) in [6, 6.07) is 0. The fourth-order valence-corrected chi connectivity index (χ4v) is 7.21. The zero-order valence-electron chi connectivity index (χ0n) is 15.5. The first-order valence-corrected chi connectivity index (χ1v) is 10.8. The third kappa shape index (κ3) is 2.85. The second-order valence-corrected chi connectivity index (χ2v) is 9.17. The molecule has 3 fully saturated rings. The van der Waals surface area contributed by atoms with Crippen molar-refractivity contribution in [1.29, 1.82) is 0 Å². The van der Waals surface area contributed by atoms with Crippen LogP contribution in [0, 0.1) is 35.0 Å². The second-order valence-electron chi connectivity index (χ2n) is 9.17. The predicted molar refractivity (Wildman–Crippen MR) is 104 cm³/mol. The Bertz CT molecular complexity index is 484. The molecule has 132 valence electrons. The second kappa shape index (κ2) is 7.22. The summed E-state index contributed by atoms with van der Waals surface area (Å²) in [5.74, 6) is 4.56. The van der Waals surface area contributed by atoms with Gasteiger partial charge in [-0.1, -0.05) is 62.5 Å². The first-order chi connectivity index (χ1) is 11.8. The molecule has 0 heteroatoms. The minimum absolute atomic E-state index is 0.691. The standard InChI is InChI=1S/C24H36/c1-2-3-11-19-18-23(22-15-8-7-14-21(19)22)24(16-9-4-10-17-24)20-12-5-6-13-20/h2,7-8,14-15,19-23H,1,3-6,9-13,16-18H2. The van der Waals surface area contributed by atoms with Crippen LogP contribution >= 0.6 is 0 Å². The van der Waals surface area contributed by atoms with Crippen molar-refractivity contribution in [2.75, 3.05) is 0 Å². The summed E-state index contributed by atoms with van der Waals surface area (Å²) in [6.45, 7) is 3.98. The molecule has 4 aliphatic rings. The lowest BCUT2D eigenvalue weighted by Crippen LogP contribution is -2.41. The molecular weight excluding hydrogens is 288 g/mol. The maximum absolute atomic E-state index is 3.98. The van der Waals surface area contributed by atoms with E-state index >= 15 is 0 Å². The molecule has 0 nitrogen and oxygen atoms in total. The highest BCUT2D eigenvalue weighted by molar-refractivity contribution is 5.21. The lowest BCUT2D eigenvalue weighted by Gasteiger charge is -2.49. The van der Waals surface area contributed by atoms with E-state index < -0.39 is 0 Å². The maximum atomic E-state index is 3.98. The molecule has 4 unspecified atom stereocenters. The van der Waals surface area contributed by atoms with Gasteiger partial charge in [0.05, 0.1) is 0 Å². The van der Waals surface area contributed by atoms with Crippen LogP contribution in [0.25, 0.3) is 0 Å². The molecule has 0 N–H and O–H groups in total. The summed E-state index contributed by atoms with van der Waals surface area (Å²) in [5, 5.41) is 0. The van der Waals surface area contributed by atoms with E-state index in [1.165, 1.54) is 77.0 Å². The van der Waals surface area contributed by atoms with E-state index in [1.807, 2.05) is 0 Å². The molecule has 0 aromatic heterocycles. The van der Waals surface area contributed by atoms with Crippen LogP contribution in [0.1, 0.15) is 77.0 Å². The first-order valence-electron chi connectivity index (χ1n) is 10.8. The highest BCUT2D eigenvalue weighted by Crippen LogP contribution is 2.62. The lowest BCUT2D eigenvalue weighted by molar-refractivity contribution is 0.0110. The Kier molecular flexibility index (Phi) is 5.02. The van der Waals surface area contributed by atoms with Gasteiger partial charge in [0.2, 0.25) is 0 Å². The van der Waals surface area contributed by atoms with Crippen molar-refractivity contribution in [3.05, 3.63) is 37.0 Å². The number of allylic oxidation sites excluding steroid dienone is 5. The van der Waals surface area contributed by atoms with Crippen LogP contribution < -0.4 is 0 Å². The van der Waals surface area contributed by atoms with Crippen molar-refractivity contribution in [2.24, 2.45) is 35.0 Å². The van der Waals surface area contributed by atoms with Crippen LogP contribution in [0.15, 0.2) is 37.0 Å². The average molecular weight is 325 g/mol. The highest BCUT2D eigenvalue weighted by atomic mass is 14.6. The highest BCUT2D eigenvalue weighted by Gasteiger charge is 2.54. The van der Waals surface area contributed by atoms with E-state index in [4.69, 9.17) is 0 Å². The molecule has 0 saturated heterocycles. The summed E-state index contributed by atoms with van der Waals surface area (Å²) in [6.07, 6.45) is 29.7. The molecule has 3 saturated carbocycles. The van der Waals surface area contributed by atoms with Crippen molar-refractivity contribution in [3.63, 3.8) is 0 Å². The summed E-state index contributed by atoms with van der Waals surface area (Å²) >= 11 is 0. The number of hydrogen-bond donors (Lipinski definition) is 0. The molecule has 0 radical (unpaired) electrons. The van der Waals surface area contributed by atoms with Gasteiger partial charge in [0.25, 0.3) is 0 Å². The molecule has 0 aromatic rings. The molecule has 0 heterocycles. The number of hydrogen-bond acceptors (Lipinski definition) is 0. The normalized spacial score (nSPS) is 38.3. The molecule has 4 rings (SSSR count). The Balaban J connectivity index is 1.62. The van der Waals surface area contributed by atoms with Gasteiger partial charge in [0.15, 0.2) is 0 Å². The topological polar surface area (TPSA) is 0 Å². The first kappa shape index (κ1) is 16.7. The quantitative estimate of drug-likeness (QED) is 0.474. The Morgan fingerprint density at radius 1 is 0.917 bits per heavy atom. The van der Waals surface area contributed by atoms with Crippen LogP contribution in [-0.4, -0.2) is 0 Å². The van der Waals surface area contributed by atoms with Gasteiger partial charge in [-0.05, 0) is 80.0 Å². The molecule has 0 aromatic carbocycles. The third-order valence-electron chi connectivity index (χ3n) is 8.22. The Morgan fingerprint density at radius 3 is 2.33 bits per heavy atom. The van der Waals surface area contributed by atoms with Gasteiger partial charge in [-0.2, -0.15) is 0 Å². The molecule has 4 atom stereocenters. The van der Waals surface area contributed by atoms with Crippen molar-refractivity contribution in [1.82, 2.24) is 0 Å². The summed E-state index contributed by atoms with van der Waals surface area (Å²) < 4.78 is 0. The SMILES string of the molecule is C=CCCC1CC(C2(C3CCCC3)CCCCC2)C2C=CC=CC12. The van der Waals surface area contributed by atoms with Gasteiger partial charge in [-0.25, -0.2) is 0 Å². The van der Waals surface area contributed by atoms with Gasteiger partial charge < -0.3 is 0 Å². The van der Waals surface area contributed by atoms with Gasteiger partial charge in [0.1, 0.15) is 0 Å². The lowest BCUT2D eigenvalue weighted by atomic mass is 9.55. The average Bonchev–Trinajstić information content (AvgIpc) is 3.29. The Hall–Kier alpha value is -0.780. The monoisotopic (exact) mass is 324 g/mol. The summed E-state index contributed by atoms with van der Waals surface area (Å²) in [5.41, 5.74) is 0.691. The largest absolute Gasteiger partial charge is 0.103 e. The van der Waals surface area contributed by atoms with Crippen molar-refractivity contribution in [2.45, 2.75) is 77.0 Å². The fourth-order valence-electron chi connectivity index (χ4n) is 7.21. The molecule has 0 amide bonds. The van der Waals surface area contributed by atoms with Gasteiger partial charge in [-0.3, -0.25) is 0 Å². The van der Waals surface area contributed by atoms with E-state index in [0.717, 1.165) is 29.6 Å². The van der Waals surface area contributed by atoms with Crippen LogP contribution in [0.5, 0.6) is 0 Å². The van der Waals surface area contributed by atoms with Gasteiger partial charge >= 0.3 is 0 Å². The van der Waals surface area contributed by atoms with E-state index in [1.54, 1.807) is 0 Å². The van der Waals surface area contributed by atoms with Crippen LogP contribution in [0.2, 0.25) is 0 Å². The molecular formula is C24H36. The molecule has 0 aliphatic heterocycles. The van der Waals surface area contributed by atoms with E-state index in [-0.39, 0.29) is 0 Å². The van der Waals surface area contributed by atoms with Crippen molar-refractivity contribution in [3.8, 4) is 0 Å². The zero-order chi connectivity index (χ0) is 16.4. The Morgan fingerprint density at radius 2 is 1.62 bits per heavy atom. The number of rotatable bonds is 5. The predicted octanol–water partition coefficient (Wildman–Crippen LogP) is 7.09.